The van der Waals surface area contributed by atoms with Crippen molar-refractivity contribution >= 4 is 6.03 Å². The number of hydrogen-bond acceptors (Lipinski definition) is 5. The Morgan fingerprint density at radius 3 is 2.45 bits per heavy atom. The number of carbonyl (C=O) groups excluding carboxylic acids is 1. The quantitative estimate of drug-likeness (QED) is 0.850. The van der Waals surface area contributed by atoms with E-state index in [9.17, 15) is 4.79 Å². The maximum Gasteiger partial charge on any atom is 0.372 e. The lowest BCUT2D eigenvalue weighted by Gasteiger charge is -2.05. The lowest BCUT2D eigenvalue weighted by atomic mass is 10.1. The molecule has 2 heterocycles. The van der Waals surface area contributed by atoms with Crippen LogP contribution in [0.2, 0.25) is 0 Å². The van der Waals surface area contributed by atoms with Gasteiger partial charge in [-0.25, -0.2) is 14.8 Å². The van der Waals surface area contributed by atoms with Crippen LogP contribution in [0, 0.1) is 11.8 Å². The summed E-state index contributed by atoms with van der Waals surface area (Å²) in [6.45, 7) is 8.37. The highest BCUT2D eigenvalue weighted by Crippen LogP contribution is 2.10. The molecule has 108 valence electrons. The van der Waals surface area contributed by atoms with E-state index in [0.29, 0.717) is 29.9 Å². The van der Waals surface area contributed by atoms with E-state index in [4.69, 9.17) is 0 Å². The fourth-order valence-corrected chi connectivity index (χ4v) is 1.90. The van der Waals surface area contributed by atoms with Crippen LogP contribution < -0.4 is 0 Å². The van der Waals surface area contributed by atoms with Crippen molar-refractivity contribution in [1.29, 1.82) is 0 Å². The summed E-state index contributed by atoms with van der Waals surface area (Å²) in [5, 5.41) is 8.18. The highest BCUT2D eigenvalue weighted by molar-refractivity contribution is 5.77. The second-order valence-corrected chi connectivity index (χ2v) is 5.67. The van der Waals surface area contributed by atoms with Gasteiger partial charge < -0.3 is 0 Å². The molecule has 0 aliphatic carbocycles. The third-order valence-electron chi connectivity index (χ3n) is 2.70. The highest BCUT2D eigenvalue weighted by Gasteiger charge is 2.19. The molecular formula is C13H20N6O. The zero-order chi connectivity index (χ0) is 14.7. The van der Waals surface area contributed by atoms with Gasteiger partial charge in [0.15, 0.2) is 5.82 Å². The van der Waals surface area contributed by atoms with E-state index >= 15 is 0 Å². The summed E-state index contributed by atoms with van der Waals surface area (Å²) in [6, 6.07) is -0.347. The Kier molecular flexibility index (Phi) is 4.26. The van der Waals surface area contributed by atoms with E-state index in [1.54, 1.807) is 0 Å². The van der Waals surface area contributed by atoms with Crippen LogP contribution in [0.5, 0.6) is 0 Å². The molecule has 0 fully saturated rings. The minimum absolute atomic E-state index is 0.347. The first-order chi connectivity index (χ1) is 9.47. The molecule has 20 heavy (non-hydrogen) atoms. The van der Waals surface area contributed by atoms with Crippen molar-refractivity contribution in [3.05, 3.63) is 24.3 Å². The lowest BCUT2D eigenvalue weighted by molar-refractivity contribution is 0.237. The largest absolute Gasteiger partial charge is 0.372 e. The standard InChI is InChI=1S/C13H20N6O/c1-9(2)5-11-16-12(6-10(3)4)19(17-11)13(20)18-8-14-7-15-18/h7-10H,5-6H2,1-4H3. The van der Waals surface area contributed by atoms with E-state index in [2.05, 4.69) is 47.9 Å². The summed E-state index contributed by atoms with van der Waals surface area (Å²) < 4.78 is 2.50. The molecule has 0 aromatic carbocycles. The molecule has 0 spiro atoms. The van der Waals surface area contributed by atoms with Gasteiger partial charge in [0, 0.05) is 12.8 Å². The molecule has 0 aliphatic rings. The van der Waals surface area contributed by atoms with Crippen molar-refractivity contribution < 1.29 is 4.79 Å². The van der Waals surface area contributed by atoms with Gasteiger partial charge in [0.25, 0.3) is 0 Å². The molecule has 2 rings (SSSR count). The monoisotopic (exact) mass is 276 g/mol. The predicted molar refractivity (Wildman–Crippen MR) is 73.3 cm³/mol. The Morgan fingerprint density at radius 2 is 1.90 bits per heavy atom. The molecule has 0 aliphatic heterocycles. The molecule has 0 N–H and O–H groups in total. The zero-order valence-corrected chi connectivity index (χ0v) is 12.3. The smallest absolute Gasteiger partial charge is 0.243 e. The predicted octanol–water partition coefficient (Wildman–Crippen LogP) is 1.78. The number of aromatic nitrogens is 6. The molecule has 0 saturated heterocycles. The van der Waals surface area contributed by atoms with Crippen molar-refractivity contribution in [3.8, 4) is 0 Å². The zero-order valence-electron chi connectivity index (χ0n) is 12.3. The van der Waals surface area contributed by atoms with Crippen LogP contribution >= 0.6 is 0 Å². The van der Waals surface area contributed by atoms with Crippen LogP contribution in [0.3, 0.4) is 0 Å². The fraction of sp³-hybridized carbons (Fsp3) is 0.615. The maximum absolute atomic E-state index is 12.3. The first-order valence-corrected chi connectivity index (χ1v) is 6.81. The number of hydrogen-bond donors (Lipinski definition) is 0. The Labute approximate surface area is 118 Å². The molecular weight excluding hydrogens is 256 g/mol. The van der Waals surface area contributed by atoms with E-state index in [1.165, 1.54) is 17.3 Å². The molecule has 0 amide bonds. The Balaban J connectivity index is 2.33. The molecule has 2 aromatic heterocycles. The topological polar surface area (TPSA) is 78.5 Å². The molecule has 0 radical (unpaired) electrons. The van der Waals surface area contributed by atoms with Gasteiger partial charge in [-0.3, -0.25) is 0 Å². The minimum Gasteiger partial charge on any atom is -0.243 e. The molecule has 2 aromatic rings. The Bertz CT molecular complexity index is 570. The van der Waals surface area contributed by atoms with E-state index in [0.717, 1.165) is 11.1 Å². The van der Waals surface area contributed by atoms with Gasteiger partial charge in [-0.1, -0.05) is 27.7 Å². The Hall–Kier alpha value is -2.05. The van der Waals surface area contributed by atoms with E-state index < -0.39 is 0 Å². The van der Waals surface area contributed by atoms with Crippen LogP contribution in [-0.2, 0) is 12.8 Å². The van der Waals surface area contributed by atoms with Crippen molar-refractivity contribution in [1.82, 2.24) is 29.5 Å². The summed E-state index contributed by atoms with van der Waals surface area (Å²) >= 11 is 0. The van der Waals surface area contributed by atoms with Crippen LogP contribution in [0.15, 0.2) is 12.7 Å². The van der Waals surface area contributed by atoms with Gasteiger partial charge in [0.1, 0.15) is 18.5 Å². The second kappa shape index (κ2) is 5.94. The van der Waals surface area contributed by atoms with Crippen LogP contribution in [0.25, 0.3) is 0 Å². The first kappa shape index (κ1) is 14.4. The average Bonchev–Trinajstić information content (AvgIpc) is 2.96. The minimum atomic E-state index is -0.347. The summed E-state index contributed by atoms with van der Waals surface area (Å²) in [7, 11) is 0. The SMILES string of the molecule is CC(C)Cc1nc(CC(C)C)n(C(=O)n2cncn2)n1. The number of rotatable bonds is 4. The molecule has 7 heteroatoms. The van der Waals surface area contributed by atoms with Gasteiger partial charge in [-0.05, 0) is 11.8 Å². The molecule has 0 unspecified atom stereocenters. The summed E-state index contributed by atoms with van der Waals surface area (Å²) in [5.41, 5.74) is 0. The summed E-state index contributed by atoms with van der Waals surface area (Å²) in [6.07, 6.45) is 4.14. The molecule has 0 bridgehead atoms. The normalized spacial score (nSPS) is 11.5. The second-order valence-electron chi connectivity index (χ2n) is 5.67. The third kappa shape index (κ3) is 3.28. The lowest BCUT2D eigenvalue weighted by Crippen LogP contribution is -2.24. The Morgan fingerprint density at radius 1 is 1.20 bits per heavy atom. The van der Waals surface area contributed by atoms with Crippen LogP contribution in [-0.4, -0.2) is 35.6 Å². The number of carbonyl (C=O) groups is 1. The maximum atomic E-state index is 12.3. The van der Waals surface area contributed by atoms with Gasteiger partial charge >= 0.3 is 6.03 Å². The van der Waals surface area contributed by atoms with Crippen LogP contribution in [0.1, 0.15) is 39.3 Å². The van der Waals surface area contributed by atoms with Gasteiger partial charge in [-0.2, -0.15) is 14.5 Å². The summed E-state index contributed by atoms with van der Waals surface area (Å²) in [4.78, 5) is 20.6. The summed E-state index contributed by atoms with van der Waals surface area (Å²) in [5.74, 6) is 2.22. The van der Waals surface area contributed by atoms with Crippen molar-refractivity contribution in [2.75, 3.05) is 0 Å². The highest BCUT2D eigenvalue weighted by atomic mass is 16.2. The van der Waals surface area contributed by atoms with Crippen molar-refractivity contribution in [3.63, 3.8) is 0 Å². The van der Waals surface area contributed by atoms with Crippen molar-refractivity contribution in [2.45, 2.75) is 40.5 Å². The van der Waals surface area contributed by atoms with Crippen molar-refractivity contribution in [2.24, 2.45) is 11.8 Å². The molecule has 0 saturated carbocycles. The van der Waals surface area contributed by atoms with Crippen LogP contribution in [0.4, 0.5) is 4.79 Å². The van der Waals surface area contributed by atoms with Gasteiger partial charge in [0.05, 0.1) is 0 Å². The number of nitrogens with zero attached hydrogens (tertiary/aromatic N) is 6. The van der Waals surface area contributed by atoms with E-state index in [1.807, 2.05) is 0 Å². The first-order valence-electron chi connectivity index (χ1n) is 6.81. The molecule has 0 atom stereocenters. The third-order valence-corrected chi connectivity index (χ3v) is 2.70. The fourth-order valence-electron chi connectivity index (χ4n) is 1.90. The van der Waals surface area contributed by atoms with Gasteiger partial charge in [-0.15, -0.1) is 5.10 Å². The average molecular weight is 276 g/mol. The molecule has 7 nitrogen and oxygen atoms in total. The van der Waals surface area contributed by atoms with Gasteiger partial charge in [0.2, 0.25) is 0 Å². The van der Waals surface area contributed by atoms with E-state index in [-0.39, 0.29) is 6.03 Å².